The number of oxime groups is 1. The number of ether oxygens (including phenoxy) is 1. The molecule has 1 aliphatic heterocycles. The van der Waals surface area contributed by atoms with E-state index in [1.54, 1.807) is 0 Å². The predicted octanol–water partition coefficient (Wildman–Crippen LogP) is 1.01. The number of morpholine rings is 1. The summed E-state index contributed by atoms with van der Waals surface area (Å²) in [5, 5.41) is 6.61. The molecule has 1 aliphatic rings. The maximum absolute atomic E-state index is 11.8. The maximum Gasteiger partial charge on any atom is 0.261 e. The highest BCUT2D eigenvalue weighted by Crippen LogP contribution is 2.15. The van der Waals surface area contributed by atoms with Crippen molar-refractivity contribution < 1.29 is 14.4 Å². The summed E-state index contributed by atoms with van der Waals surface area (Å²) in [7, 11) is 0. The number of hydrogen-bond acceptors (Lipinski definition) is 5. The van der Waals surface area contributed by atoms with Crippen molar-refractivity contribution >= 4 is 11.7 Å². The van der Waals surface area contributed by atoms with Crippen LogP contribution in [0.5, 0.6) is 0 Å². The Balaban J connectivity index is 1.66. The lowest BCUT2D eigenvalue weighted by Crippen LogP contribution is -2.50. The Kier molecular flexibility index (Phi) is 6.78. The first kappa shape index (κ1) is 19.2. The van der Waals surface area contributed by atoms with Crippen molar-refractivity contribution in [3.8, 4) is 0 Å². The number of carbonyl (C=O) groups excluding carboxylic acids is 1. The highest BCUT2D eigenvalue weighted by molar-refractivity contribution is 5.82. The Morgan fingerprint density at radius 3 is 2.80 bits per heavy atom. The smallest absolute Gasteiger partial charge is 0.261 e. The molecule has 0 bridgehead atoms. The molecule has 25 heavy (non-hydrogen) atoms. The molecular weight excluding hydrogens is 320 g/mol. The standard InChI is InChI=1S/C18H28N4O3/c1-14-4-6-15(7-5-14)10-20-17(23)12-25-21-16(19)11-22-8-9-24-18(2,3)13-22/h4-7H,8-13H2,1-3H3,(H2,19,21)(H,20,23). The molecule has 0 aliphatic carbocycles. The third kappa shape index (κ3) is 7.11. The Morgan fingerprint density at radius 2 is 2.12 bits per heavy atom. The summed E-state index contributed by atoms with van der Waals surface area (Å²) >= 11 is 0. The highest BCUT2D eigenvalue weighted by Gasteiger charge is 2.27. The molecule has 138 valence electrons. The third-order valence-corrected chi connectivity index (χ3v) is 3.88. The van der Waals surface area contributed by atoms with Crippen molar-refractivity contribution in [3.63, 3.8) is 0 Å². The summed E-state index contributed by atoms with van der Waals surface area (Å²) in [6, 6.07) is 7.98. The monoisotopic (exact) mass is 348 g/mol. The van der Waals surface area contributed by atoms with E-state index in [0.29, 0.717) is 25.5 Å². The molecule has 0 atom stereocenters. The number of hydrogen-bond donors (Lipinski definition) is 2. The Morgan fingerprint density at radius 1 is 1.40 bits per heavy atom. The van der Waals surface area contributed by atoms with Crippen LogP contribution in [0.1, 0.15) is 25.0 Å². The first-order valence-corrected chi connectivity index (χ1v) is 8.47. The quantitative estimate of drug-likeness (QED) is 0.436. The molecule has 1 heterocycles. The van der Waals surface area contributed by atoms with E-state index in [1.807, 2.05) is 45.0 Å². The molecule has 1 fully saturated rings. The molecule has 3 N–H and O–H groups in total. The molecule has 0 aromatic heterocycles. The third-order valence-electron chi connectivity index (χ3n) is 3.88. The second-order valence-electron chi connectivity index (χ2n) is 6.94. The fourth-order valence-corrected chi connectivity index (χ4v) is 2.64. The zero-order valence-corrected chi connectivity index (χ0v) is 15.2. The van der Waals surface area contributed by atoms with Gasteiger partial charge in [0.2, 0.25) is 0 Å². The Bertz CT molecular complexity index is 599. The van der Waals surface area contributed by atoms with Gasteiger partial charge in [0.15, 0.2) is 12.4 Å². The van der Waals surface area contributed by atoms with Crippen LogP contribution < -0.4 is 11.1 Å². The molecule has 1 aromatic carbocycles. The van der Waals surface area contributed by atoms with Crippen molar-refractivity contribution in [2.45, 2.75) is 32.9 Å². The van der Waals surface area contributed by atoms with E-state index in [-0.39, 0.29) is 18.1 Å². The van der Waals surface area contributed by atoms with Crippen molar-refractivity contribution in [2.75, 3.05) is 32.8 Å². The van der Waals surface area contributed by atoms with Crippen LogP contribution in [0.4, 0.5) is 0 Å². The van der Waals surface area contributed by atoms with Gasteiger partial charge in [-0.2, -0.15) is 0 Å². The van der Waals surface area contributed by atoms with Gasteiger partial charge in [-0.15, -0.1) is 0 Å². The average molecular weight is 348 g/mol. The van der Waals surface area contributed by atoms with Crippen LogP contribution in [-0.4, -0.2) is 55.1 Å². The number of carbonyl (C=O) groups is 1. The topological polar surface area (TPSA) is 89.2 Å². The van der Waals surface area contributed by atoms with Crippen LogP contribution in [0.15, 0.2) is 29.4 Å². The minimum atomic E-state index is -0.232. The molecule has 0 radical (unpaired) electrons. The number of nitrogens with zero attached hydrogens (tertiary/aromatic N) is 2. The molecule has 0 unspecified atom stereocenters. The normalized spacial score (nSPS) is 18.0. The molecular formula is C18H28N4O3. The largest absolute Gasteiger partial charge is 0.384 e. The second-order valence-corrected chi connectivity index (χ2v) is 6.94. The van der Waals surface area contributed by atoms with Gasteiger partial charge in [0.25, 0.3) is 5.91 Å². The van der Waals surface area contributed by atoms with Gasteiger partial charge in [0, 0.05) is 19.6 Å². The summed E-state index contributed by atoms with van der Waals surface area (Å²) < 4.78 is 5.65. The molecule has 0 spiro atoms. The summed E-state index contributed by atoms with van der Waals surface area (Å²) in [4.78, 5) is 19.0. The van der Waals surface area contributed by atoms with E-state index in [0.717, 1.165) is 18.7 Å². The number of aryl methyl sites for hydroxylation is 1. The Hall–Kier alpha value is -2.12. The molecule has 7 nitrogen and oxygen atoms in total. The fraction of sp³-hybridized carbons (Fsp3) is 0.556. The number of benzene rings is 1. The molecule has 7 heteroatoms. The lowest BCUT2D eigenvalue weighted by atomic mass is 10.1. The van der Waals surface area contributed by atoms with Crippen molar-refractivity contribution in [3.05, 3.63) is 35.4 Å². The van der Waals surface area contributed by atoms with Gasteiger partial charge in [-0.1, -0.05) is 35.0 Å². The maximum atomic E-state index is 11.8. The van der Waals surface area contributed by atoms with E-state index in [2.05, 4.69) is 15.4 Å². The number of nitrogens with two attached hydrogens (primary N) is 1. The van der Waals surface area contributed by atoms with Gasteiger partial charge >= 0.3 is 0 Å². The van der Waals surface area contributed by atoms with Crippen molar-refractivity contribution in [1.82, 2.24) is 10.2 Å². The van der Waals surface area contributed by atoms with Gasteiger partial charge in [-0.3, -0.25) is 9.69 Å². The SMILES string of the molecule is Cc1ccc(CNC(=O)CO/N=C(\N)CN2CCOC(C)(C)C2)cc1. The van der Waals surface area contributed by atoms with Gasteiger partial charge < -0.3 is 20.6 Å². The van der Waals surface area contributed by atoms with Gasteiger partial charge in [-0.05, 0) is 26.3 Å². The van der Waals surface area contributed by atoms with E-state index in [1.165, 1.54) is 5.56 Å². The van der Waals surface area contributed by atoms with Crippen LogP contribution in [0.3, 0.4) is 0 Å². The molecule has 0 saturated carbocycles. The minimum Gasteiger partial charge on any atom is -0.384 e. The zero-order chi connectivity index (χ0) is 18.3. The van der Waals surface area contributed by atoms with E-state index in [9.17, 15) is 4.79 Å². The molecule has 2 rings (SSSR count). The van der Waals surface area contributed by atoms with E-state index < -0.39 is 0 Å². The first-order valence-electron chi connectivity index (χ1n) is 8.47. The number of amides is 1. The van der Waals surface area contributed by atoms with E-state index >= 15 is 0 Å². The van der Waals surface area contributed by atoms with Crippen LogP contribution in [0.2, 0.25) is 0 Å². The Labute approximate surface area is 149 Å². The number of rotatable bonds is 7. The molecule has 1 saturated heterocycles. The lowest BCUT2D eigenvalue weighted by molar-refractivity contribution is -0.125. The van der Waals surface area contributed by atoms with Crippen molar-refractivity contribution in [1.29, 1.82) is 0 Å². The minimum absolute atomic E-state index is 0.152. The van der Waals surface area contributed by atoms with Crippen molar-refractivity contribution in [2.24, 2.45) is 10.9 Å². The van der Waals surface area contributed by atoms with Crippen LogP contribution in [-0.2, 0) is 20.9 Å². The second kappa shape index (κ2) is 8.82. The first-order chi connectivity index (χ1) is 11.8. The van der Waals surface area contributed by atoms with Gasteiger partial charge in [0.1, 0.15) is 0 Å². The summed E-state index contributed by atoms with van der Waals surface area (Å²) in [6.07, 6.45) is 0. The van der Waals surface area contributed by atoms with Crippen LogP contribution in [0, 0.1) is 6.92 Å². The van der Waals surface area contributed by atoms with E-state index in [4.69, 9.17) is 15.3 Å². The lowest BCUT2D eigenvalue weighted by Gasteiger charge is -2.37. The summed E-state index contributed by atoms with van der Waals surface area (Å²) in [5.41, 5.74) is 7.91. The number of amidine groups is 1. The van der Waals surface area contributed by atoms with Crippen LogP contribution >= 0.6 is 0 Å². The fourth-order valence-electron chi connectivity index (χ4n) is 2.64. The summed E-state index contributed by atoms with van der Waals surface area (Å²) in [6.45, 7) is 9.17. The molecule has 1 aromatic rings. The summed E-state index contributed by atoms with van der Waals surface area (Å²) in [5.74, 6) is 0.119. The molecule has 1 amide bonds. The highest BCUT2D eigenvalue weighted by atomic mass is 16.6. The average Bonchev–Trinajstić information content (AvgIpc) is 2.53. The predicted molar refractivity (Wildman–Crippen MR) is 97.1 cm³/mol. The van der Waals surface area contributed by atoms with Crippen LogP contribution in [0.25, 0.3) is 0 Å². The number of nitrogens with one attached hydrogen (secondary N) is 1. The van der Waals surface area contributed by atoms with Gasteiger partial charge in [-0.25, -0.2) is 0 Å². The van der Waals surface area contributed by atoms with Gasteiger partial charge in [0.05, 0.1) is 18.8 Å². The zero-order valence-electron chi connectivity index (χ0n) is 15.2.